The average Bonchev–Trinajstić information content (AvgIpc) is 2.18. The van der Waals surface area contributed by atoms with Gasteiger partial charge >= 0.3 is 0 Å². The largest absolute Gasteiger partial charge is 0.394 e. The van der Waals surface area contributed by atoms with Crippen LogP contribution in [0.3, 0.4) is 0 Å². The molecular weight excluding hydrogens is 178 g/mol. The lowest BCUT2D eigenvalue weighted by Gasteiger charge is -2.28. The Balaban J connectivity index is 3.51. The average molecular weight is 203 g/mol. The summed E-state index contributed by atoms with van der Waals surface area (Å²) < 4.78 is 5.26. The molecule has 0 spiro atoms. The fourth-order valence-electron chi connectivity index (χ4n) is 1.51. The molecule has 14 heavy (non-hydrogen) atoms. The number of nitrogens with one attached hydrogen (secondary N) is 1. The van der Waals surface area contributed by atoms with Gasteiger partial charge in [-0.05, 0) is 39.7 Å². The highest BCUT2D eigenvalue weighted by Gasteiger charge is 2.20. The van der Waals surface area contributed by atoms with E-state index in [9.17, 15) is 5.11 Å². The Bertz CT molecular complexity index is 130. The van der Waals surface area contributed by atoms with Gasteiger partial charge in [-0.1, -0.05) is 6.92 Å². The molecule has 0 aliphatic carbocycles. The molecule has 1 atom stereocenters. The van der Waals surface area contributed by atoms with Crippen LogP contribution >= 0.6 is 0 Å². The van der Waals surface area contributed by atoms with Gasteiger partial charge in [0.2, 0.25) is 0 Å². The summed E-state index contributed by atoms with van der Waals surface area (Å²) >= 11 is 0. The molecule has 0 saturated carbocycles. The van der Waals surface area contributed by atoms with Crippen LogP contribution in [0.1, 0.15) is 40.0 Å². The van der Waals surface area contributed by atoms with Crippen molar-refractivity contribution in [2.45, 2.75) is 45.6 Å². The highest BCUT2D eigenvalue weighted by atomic mass is 16.5. The summed E-state index contributed by atoms with van der Waals surface area (Å²) in [6, 6.07) is 0. The fraction of sp³-hybridized carbons (Fsp3) is 1.00. The highest BCUT2D eigenvalue weighted by Crippen LogP contribution is 2.12. The Morgan fingerprint density at radius 1 is 1.29 bits per heavy atom. The molecule has 0 amide bonds. The van der Waals surface area contributed by atoms with Crippen LogP contribution in [0, 0.1) is 0 Å². The highest BCUT2D eigenvalue weighted by molar-refractivity contribution is 4.81. The van der Waals surface area contributed by atoms with Crippen molar-refractivity contribution in [2.24, 2.45) is 0 Å². The summed E-state index contributed by atoms with van der Waals surface area (Å²) in [4.78, 5) is 0. The maximum atomic E-state index is 9.23. The molecule has 0 aromatic rings. The third-order valence-electron chi connectivity index (χ3n) is 2.42. The second-order valence-corrected chi connectivity index (χ2v) is 3.90. The van der Waals surface area contributed by atoms with Gasteiger partial charge in [-0.15, -0.1) is 0 Å². The Morgan fingerprint density at radius 2 is 2.00 bits per heavy atom. The first kappa shape index (κ1) is 13.9. The third kappa shape index (κ3) is 6.35. The van der Waals surface area contributed by atoms with Crippen molar-refractivity contribution >= 4 is 0 Å². The lowest BCUT2D eigenvalue weighted by atomic mass is 9.96. The Labute approximate surface area is 87.8 Å². The van der Waals surface area contributed by atoms with E-state index in [2.05, 4.69) is 19.2 Å². The first-order chi connectivity index (χ1) is 6.68. The van der Waals surface area contributed by atoms with Crippen LogP contribution in [0.15, 0.2) is 0 Å². The number of aliphatic hydroxyl groups is 1. The number of rotatable bonds is 9. The molecule has 0 radical (unpaired) electrons. The molecule has 3 nitrogen and oxygen atoms in total. The van der Waals surface area contributed by atoms with Crippen molar-refractivity contribution in [3.63, 3.8) is 0 Å². The maximum Gasteiger partial charge on any atom is 0.0610 e. The molecule has 0 saturated heterocycles. The lowest BCUT2D eigenvalue weighted by molar-refractivity contribution is 0.132. The van der Waals surface area contributed by atoms with Gasteiger partial charge in [0.25, 0.3) is 0 Å². The van der Waals surface area contributed by atoms with Gasteiger partial charge in [0, 0.05) is 18.8 Å². The molecule has 86 valence electrons. The first-order valence-corrected chi connectivity index (χ1v) is 5.62. The van der Waals surface area contributed by atoms with Crippen molar-refractivity contribution in [2.75, 3.05) is 26.4 Å². The second-order valence-electron chi connectivity index (χ2n) is 3.90. The molecule has 0 aliphatic rings. The zero-order chi connectivity index (χ0) is 10.9. The van der Waals surface area contributed by atoms with Crippen LogP contribution in [0.5, 0.6) is 0 Å². The standard InChI is InChI=1S/C11H25NO2/c1-4-12-11(3,10-13)8-6-7-9-14-5-2/h12-13H,4-10H2,1-3H3. The lowest BCUT2D eigenvalue weighted by Crippen LogP contribution is -2.45. The maximum absolute atomic E-state index is 9.23. The summed E-state index contributed by atoms with van der Waals surface area (Å²) in [6.45, 7) is 8.88. The summed E-state index contributed by atoms with van der Waals surface area (Å²) in [5, 5.41) is 12.5. The number of aliphatic hydroxyl groups excluding tert-OH is 1. The van der Waals surface area contributed by atoms with Crippen LogP contribution in [-0.4, -0.2) is 37.0 Å². The van der Waals surface area contributed by atoms with Crippen molar-refractivity contribution in [3.8, 4) is 0 Å². The number of ether oxygens (including phenoxy) is 1. The number of hydrogen-bond donors (Lipinski definition) is 2. The topological polar surface area (TPSA) is 41.5 Å². The molecule has 0 aliphatic heterocycles. The predicted octanol–water partition coefficient (Wildman–Crippen LogP) is 1.55. The smallest absolute Gasteiger partial charge is 0.0610 e. The van der Waals surface area contributed by atoms with E-state index in [-0.39, 0.29) is 12.1 Å². The van der Waals surface area contributed by atoms with Crippen molar-refractivity contribution < 1.29 is 9.84 Å². The SMILES string of the molecule is CCNC(C)(CO)CCCCOCC. The van der Waals surface area contributed by atoms with E-state index >= 15 is 0 Å². The van der Waals surface area contributed by atoms with Gasteiger partial charge in [-0.3, -0.25) is 0 Å². The number of unbranched alkanes of at least 4 members (excludes halogenated alkanes) is 1. The molecule has 0 heterocycles. The van der Waals surface area contributed by atoms with Gasteiger partial charge in [0.05, 0.1) is 6.61 Å². The van der Waals surface area contributed by atoms with E-state index in [1.54, 1.807) is 0 Å². The van der Waals surface area contributed by atoms with Crippen molar-refractivity contribution in [1.29, 1.82) is 0 Å². The minimum absolute atomic E-state index is 0.110. The minimum atomic E-state index is -0.110. The molecule has 0 bridgehead atoms. The molecule has 1 unspecified atom stereocenters. The van der Waals surface area contributed by atoms with E-state index < -0.39 is 0 Å². The monoisotopic (exact) mass is 203 g/mol. The van der Waals surface area contributed by atoms with Crippen LogP contribution in [0.25, 0.3) is 0 Å². The zero-order valence-corrected chi connectivity index (χ0v) is 9.81. The van der Waals surface area contributed by atoms with E-state index in [1.807, 2.05) is 6.92 Å². The number of hydrogen-bond acceptors (Lipinski definition) is 3. The van der Waals surface area contributed by atoms with Crippen LogP contribution in [0.2, 0.25) is 0 Å². The molecule has 0 rings (SSSR count). The quantitative estimate of drug-likeness (QED) is 0.559. The van der Waals surface area contributed by atoms with E-state index in [4.69, 9.17) is 4.74 Å². The van der Waals surface area contributed by atoms with E-state index in [1.165, 1.54) is 0 Å². The van der Waals surface area contributed by atoms with Gasteiger partial charge in [-0.2, -0.15) is 0 Å². The summed E-state index contributed by atoms with van der Waals surface area (Å²) in [5.74, 6) is 0. The van der Waals surface area contributed by atoms with E-state index in [0.29, 0.717) is 0 Å². The second kappa shape index (κ2) is 8.21. The van der Waals surface area contributed by atoms with Gasteiger partial charge in [0.1, 0.15) is 0 Å². The Kier molecular flexibility index (Phi) is 8.14. The normalized spacial score (nSPS) is 15.4. The van der Waals surface area contributed by atoms with Crippen LogP contribution < -0.4 is 5.32 Å². The van der Waals surface area contributed by atoms with Crippen LogP contribution in [0.4, 0.5) is 0 Å². The van der Waals surface area contributed by atoms with Gasteiger partial charge < -0.3 is 15.2 Å². The Morgan fingerprint density at radius 3 is 2.50 bits per heavy atom. The molecule has 3 heteroatoms. The van der Waals surface area contributed by atoms with Gasteiger partial charge in [0.15, 0.2) is 0 Å². The number of likely N-dealkylation sites (N-methyl/N-ethyl adjacent to an activating group) is 1. The van der Waals surface area contributed by atoms with Gasteiger partial charge in [-0.25, -0.2) is 0 Å². The third-order valence-corrected chi connectivity index (χ3v) is 2.42. The molecule has 0 aromatic heterocycles. The predicted molar refractivity (Wildman–Crippen MR) is 59.5 cm³/mol. The Hall–Kier alpha value is -0.120. The summed E-state index contributed by atoms with van der Waals surface area (Å²) in [7, 11) is 0. The van der Waals surface area contributed by atoms with E-state index in [0.717, 1.165) is 39.0 Å². The molecule has 0 fully saturated rings. The van der Waals surface area contributed by atoms with Crippen LogP contribution in [-0.2, 0) is 4.74 Å². The zero-order valence-electron chi connectivity index (χ0n) is 9.81. The fourth-order valence-corrected chi connectivity index (χ4v) is 1.51. The summed E-state index contributed by atoms with van der Waals surface area (Å²) in [5.41, 5.74) is -0.110. The minimum Gasteiger partial charge on any atom is -0.394 e. The van der Waals surface area contributed by atoms with Crippen molar-refractivity contribution in [3.05, 3.63) is 0 Å². The molecular formula is C11H25NO2. The molecule has 0 aromatic carbocycles. The first-order valence-electron chi connectivity index (χ1n) is 5.62. The summed E-state index contributed by atoms with van der Waals surface area (Å²) in [6.07, 6.45) is 3.18. The van der Waals surface area contributed by atoms with Crippen molar-refractivity contribution in [1.82, 2.24) is 5.32 Å². The molecule has 2 N–H and O–H groups in total.